The number of hydrogen-bond acceptors (Lipinski definition) is 6. The van der Waals surface area contributed by atoms with Gasteiger partial charge in [0.15, 0.2) is 0 Å². The smallest absolute Gasteiger partial charge is 0.312 e. The molecule has 1 spiro atoms. The molecule has 0 radical (unpaired) electrons. The van der Waals surface area contributed by atoms with Crippen molar-refractivity contribution in [2.45, 2.75) is 70.2 Å². The zero-order valence-electron chi connectivity index (χ0n) is 18.2. The average Bonchev–Trinajstić information content (AvgIpc) is 3.34. The van der Waals surface area contributed by atoms with Crippen molar-refractivity contribution in [3.05, 3.63) is 12.7 Å². The van der Waals surface area contributed by atoms with E-state index in [-0.39, 0.29) is 37.6 Å². The molecule has 2 bridgehead atoms. The molecule has 2 amide bonds. The van der Waals surface area contributed by atoms with Crippen molar-refractivity contribution in [3.63, 3.8) is 0 Å². The summed E-state index contributed by atoms with van der Waals surface area (Å²) in [7, 11) is 0. The van der Waals surface area contributed by atoms with Gasteiger partial charge in [0.1, 0.15) is 11.6 Å². The van der Waals surface area contributed by atoms with Gasteiger partial charge in [0.05, 0.1) is 31.2 Å². The third-order valence-electron chi connectivity index (χ3n) is 6.78. The normalized spacial score (nSPS) is 32.8. The maximum atomic E-state index is 13.8. The second-order valence-corrected chi connectivity index (χ2v) is 8.48. The molecule has 3 aliphatic rings. The van der Waals surface area contributed by atoms with Crippen LogP contribution in [0.3, 0.4) is 0 Å². The molecule has 0 saturated carbocycles. The van der Waals surface area contributed by atoms with E-state index in [4.69, 9.17) is 9.47 Å². The van der Waals surface area contributed by atoms with Crippen LogP contribution in [0.5, 0.6) is 0 Å². The second-order valence-electron chi connectivity index (χ2n) is 8.48. The number of amides is 2. The quantitative estimate of drug-likeness (QED) is 0.419. The molecule has 3 saturated heterocycles. The Bertz CT molecular complexity index is 697. The summed E-state index contributed by atoms with van der Waals surface area (Å²) in [5, 5.41) is 9.60. The van der Waals surface area contributed by atoms with Gasteiger partial charge in [-0.1, -0.05) is 19.4 Å². The Balaban J connectivity index is 2.00. The van der Waals surface area contributed by atoms with Crippen LogP contribution >= 0.6 is 0 Å². The monoisotopic (exact) mass is 422 g/mol. The molecule has 0 aromatic heterocycles. The Morgan fingerprint density at radius 3 is 2.80 bits per heavy atom. The lowest BCUT2D eigenvalue weighted by atomic mass is 9.70. The second kappa shape index (κ2) is 9.06. The van der Waals surface area contributed by atoms with Gasteiger partial charge in [-0.05, 0) is 33.1 Å². The van der Waals surface area contributed by atoms with Crippen LogP contribution in [0, 0.1) is 11.8 Å². The SMILES string of the molecule is C=CCN(C(=O)[C@@H]1N(CCO)C(=O)[C@H]2[C@H](C(=O)OCC)[C@@H]3CC[C@]12O3)C(C)CCC. The molecule has 3 heterocycles. The van der Waals surface area contributed by atoms with E-state index in [0.717, 1.165) is 12.8 Å². The van der Waals surface area contributed by atoms with Crippen LogP contribution in [-0.2, 0) is 23.9 Å². The number of aliphatic hydroxyl groups excluding tert-OH is 1. The minimum absolute atomic E-state index is 0.0264. The van der Waals surface area contributed by atoms with E-state index in [1.165, 1.54) is 4.90 Å². The minimum atomic E-state index is -1.04. The Morgan fingerprint density at radius 2 is 2.20 bits per heavy atom. The van der Waals surface area contributed by atoms with Crippen molar-refractivity contribution in [2.24, 2.45) is 11.8 Å². The van der Waals surface area contributed by atoms with Crippen molar-refractivity contribution in [2.75, 3.05) is 26.3 Å². The lowest BCUT2D eigenvalue weighted by molar-refractivity contribution is -0.155. The molecule has 6 atom stereocenters. The number of rotatable bonds is 10. The topological polar surface area (TPSA) is 96.4 Å². The van der Waals surface area contributed by atoms with Gasteiger partial charge >= 0.3 is 5.97 Å². The summed E-state index contributed by atoms with van der Waals surface area (Å²) in [5.74, 6) is -2.40. The predicted molar refractivity (Wildman–Crippen MR) is 109 cm³/mol. The van der Waals surface area contributed by atoms with Crippen LogP contribution in [0.25, 0.3) is 0 Å². The van der Waals surface area contributed by atoms with Crippen LogP contribution in [0.4, 0.5) is 0 Å². The van der Waals surface area contributed by atoms with E-state index in [0.29, 0.717) is 19.4 Å². The number of nitrogens with zero attached hydrogens (tertiary/aromatic N) is 2. The van der Waals surface area contributed by atoms with Gasteiger partial charge in [-0.15, -0.1) is 6.58 Å². The van der Waals surface area contributed by atoms with Gasteiger partial charge in [-0.2, -0.15) is 0 Å². The molecule has 0 aromatic carbocycles. The molecule has 30 heavy (non-hydrogen) atoms. The highest BCUT2D eigenvalue weighted by Crippen LogP contribution is 2.58. The first kappa shape index (κ1) is 22.7. The van der Waals surface area contributed by atoms with E-state index >= 15 is 0 Å². The first-order chi connectivity index (χ1) is 14.4. The molecule has 0 aliphatic carbocycles. The summed E-state index contributed by atoms with van der Waals surface area (Å²) in [6, 6.07) is -0.882. The van der Waals surface area contributed by atoms with Crippen LogP contribution < -0.4 is 0 Å². The Labute approximate surface area is 178 Å². The molecule has 3 rings (SSSR count). The summed E-state index contributed by atoms with van der Waals surface area (Å²) < 4.78 is 11.5. The summed E-state index contributed by atoms with van der Waals surface area (Å²) in [5.41, 5.74) is -1.04. The molecule has 168 valence electrons. The lowest BCUT2D eigenvalue weighted by Gasteiger charge is -2.38. The van der Waals surface area contributed by atoms with Gasteiger partial charge < -0.3 is 24.4 Å². The fourth-order valence-corrected chi connectivity index (χ4v) is 5.64. The largest absolute Gasteiger partial charge is 0.466 e. The summed E-state index contributed by atoms with van der Waals surface area (Å²) >= 11 is 0. The fraction of sp³-hybridized carbons (Fsp3) is 0.773. The van der Waals surface area contributed by atoms with Crippen LogP contribution in [-0.4, -0.2) is 82.8 Å². The standard InChI is InChI=1S/C22H34N2O6/c1-5-8-14(4)23(11-6-2)20(27)18-22-10-9-15(30-22)16(21(28)29-7-3)17(22)19(26)24(18)12-13-25/h6,14-18,25H,2,5,7-13H2,1,3-4H3/t14?,15-,16+,17+,18-,22+/m0/s1. The maximum absolute atomic E-state index is 13.8. The molecular formula is C22H34N2O6. The molecule has 1 unspecified atom stereocenters. The van der Waals surface area contributed by atoms with Gasteiger partial charge in [-0.25, -0.2) is 0 Å². The zero-order valence-corrected chi connectivity index (χ0v) is 18.2. The Hall–Kier alpha value is -1.93. The van der Waals surface area contributed by atoms with Crippen LogP contribution in [0.15, 0.2) is 12.7 Å². The summed E-state index contributed by atoms with van der Waals surface area (Å²) in [6.45, 7) is 9.91. The molecule has 3 fully saturated rings. The lowest BCUT2D eigenvalue weighted by Crippen LogP contribution is -2.58. The average molecular weight is 423 g/mol. The third-order valence-corrected chi connectivity index (χ3v) is 6.78. The highest BCUT2D eigenvalue weighted by atomic mass is 16.6. The van der Waals surface area contributed by atoms with Crippen molar-refractivity contribution < 1.29 is 29.0 Å². The number of ether oxygens (including phenoxy) is 2. The number of carbonyl (C=O) groups excluding carboxylic acids is 3. The number of β-amino-alcohol motifs (C(OH)–C–C–N with tert-alkyl or cyclic N) is 1. The third kappa shape index (κ3) is 3.43. The van der Waals surface area contributed by atoms with Crippen molar-refractivity contribution in [1.82, 2.24) is 9.80 Å². The van der Waals surface area contributed by atoms with Crippen molar-refractivity contribution in [1.29, 1.82) is 0 Å². The van der Waals surface area contributed by atoms with Gasteiger partial charge in [0.25, 0.3) is 0 Å². The minimum Gasteiger partial charge on any atom is -0.466 e. The molecule has 0 aromatic rings. The molecular weight excluding hydrogens is 388 g/mol. The van der Waals surface area contributed by atoms with E-state index in [2.05, 4.69) is 13.5 Å². The number of carbonyl (C=O) groups is 3. The molecule has 3 aliphatic heterocycles. The number of aliphatic hydroxyl groups is 1. The van der Waals surface area contributed by atoms with Gasteiger partial charge in [0, 0.05) is 19.1 Å². The maximum Gasteiger partial charge on any atom is 0.312 e. The van der Waals surface area contributed by atoms with E-state index in [9.17, 15) is 19.5 Å². The fourth-order valence-electron chi connectivity index (χ4n) is 5.64. The number of hydrogen-bond donors (Lipinski definition) is 1. The van der Waals surface area contributed by atoms with Crippen molar-refractivity contribution >= 4 is 17.8 Å². The van der Waals surface area contributed by atoms with E-state index < -0.39 is 35.6 Å². The first-order valence-corrected chi connectivity index (χ1v) is 11.0. The van der Waals surface area contributed by atoms with Crippen LogP contribution in [0.2, 0.25) is 0 Å². The Morgan fingerprint density at radius 1 is 1.47 bits per heavy atom. The van der Waals surface area contributed by atoms with Gasteiger partial charge in [-0.3, -0.25) is 14.4 Å². The van der Waals surface area contributed by atoms with Gasteiger partial charge in [0.2, 0.25) is 11.8 Å². The van der Waals surface area contributed by atoms with Crippen LogP contribution in [0.1, 0.15) is 46.5 Å². The van der Waals surface area contributed by atoms with Crippen molar-refractivity contribution in [3.8, 4) is 0 Å². The highest BCUT2D eigenvalue weighted by molar-refractivity contribution is 5.98. The van der Waals surface area contributed by atoms with E-state index in [1.807, 2.05) is 6.92 Å². The predicted octanol–water partition coefficient (Wildman–Crippen LogP) is 1.12. The zero-order chi connectivity index (χ0) is 22.1. The molecule has 8 nitrogen and oxygen atoms in total. The Kier molecular flexibility index (Phi) is 6.87. The highest BCUT2D eigenvalue weighted by Gasteiger charge is 2.75. The van der Waals surface area contributed by atoms with E-state index in [1.54, 1.807) is 17.9 Å². The molecule has 1 N–H and O–H groups in total. The first-order valence-electron chi connectivity index (χ1n) is 11.0. The summed E-state index contributed by atoms with van der Waals surface area (Å²) in [4.78, 5) is 43.1. The number of fused-ring (bicyclic) bond motifs is 1. The molecule has 8 heteroatoms. The number of likely N-dealkylation sites (tertiary alicyclic amines) is 1. The summed E-state index contributed by atoms with van der Waals surface area (Å²) in [6.07, 6.45) is 4.16. The number of esters is 1.